The molecule has 0 radical (unpaired) electrons. The van der Waals surface area contributed by atoms with E-state index in [4.69, 9.17) is 10.5 Å². The van der Waals surface area contributed by atoms with Crippen LogP contribution in [0.2, 0.25) is 0 Å². The monoisotopic (exact) mass is 337 g/mol. The number of imidazole rings is 1. The van der Waals surface area contributed by atoms with Crippen LogP contribution in [-0.4, -0.2) is 33.2 Å². The Hall–Kier alpha value is -1.96. The van der Waals surface area contributed by atoms with Crippen molar-refractivity contribution in [1.29, 1.82) is 0 Å². The van der Waals surface area contributed by atoms with Crippen LogP contribution < -0.4 is 5.73 Å². The van der Waals surface area contributed by atoms with Crippen LogP contribution in [-0.2, 0) is 11.2 Å². The highest BCUT2D eigenvalue weighted by molar-refractivity contribution is 7.13. The molecule has 0 aromatic carbocycles. The smallest absolute Gasteiger partial charge is 0.237 e. The maximum absolute atomic E-state index is 6.17. The molecule has 6 nitrogen and oxygen atoms in total. The first-order chi connectivity index (χ1) is 10.3. The van der Waals surface area contributed by atoms with Crippen molar-refractivity contribution in [3.8, 4) is 16.4 Å². The van der Waals surface area contributed by atoms with Gasteiger partial charge in [-0.05, 0) is 11.4 Å². The van der Waals surface area contributed by atoms with Crippen LogP contribution in [0.5, 0.6) is 0 Å². The molecule has 0 fully saturated rings. The average molecular weight is 338 g/mol. The molecular weight excluding hydrogens is 322 g/mol. The third-order valence-corrected chi connectivity index (χ3v) is 3.93. The number of halogens is 1. The molecule has 116 valence electrons. The van der Waals surface area contributed by atoms with E-state index in [9.17, 15) is 0 Å². The fourth-order valence-corrected chi connectivity index (χ4v) is 2.88. The molecule has 22 heavy (non-hydrogen) atoms. The van der Waals surface area contributed by atoms with Gasteiger partial charge in [-0.15, -0.1) is 23.7 Å². The Labute approximate surface area is 138 Å². The van der Waals surface area contributed by atoms with Gasteiger partial charge in [-0.3, -0.25) is 4.57 Å². The van der Waals surface area contributed by atoms with E-state index in [0.717, 1.165) is 16.1 Å². The minimum Gasteiger partial charge on any atom is -0.384 e. The van der Waals surface area contributed by atoms with Gasteiger partial charge in [-0.1, -0.05) is 6.07 Å². The molecule has 3 aromatic rings. The molecule has 0 aliphatic rings. The topological polar surface area (TPSA) is 78.8 Å². The number of nitrogens with two attached hydrogens (primary N) is 1. The lowest BCUT2D eigenvalue weighted by Gasteiger charge is -2.12. The fourth-order valence-electron chi connectivity index (χ4n) is 2.07. The van der Waals surface area contributed by atoms with Gasteiger partial charge in [0.1, 0.15) is 12.1 Å². The molecule has 3 aromatic heterocycles. The molecule has 0 amide bonds. The van der Waals surface area contributed by atoms with Gasteiger partial charge in [0.05, 0.1) is 17.9 Å². The summed E-state index contributed by atoms with van der Waals surface area (Å²) in [7, 11) is 1.67. The fraction of sp³-hybridized carbons (Fsp3) is 0.214. The van der Waals surface area contributed by atoms with E-state index in [0.29, 0.717) is 24.8 Å². The molecular formula is C14H16ClN5OS. The molecule has 0 aliphatic heterocycles. The van der Waals surface area contributed by atoms with E-state index in [1.165, 1.54) is 0 Å². The third kappa shape index (κ3) is 3.27. The highest BCUT2D eigenvalue weighted by Gasteiger charge is 2.15. The molecule has 2 N–H and O–H groups in total. The molecule has 0 saturated carbocycles. The van der Waals surface area contributed by atoms with Crippen LogP contribution in [0, 0.1) is 0 Å². The minimum atomic E-state index is 0. The van der Waals surface area contributed by atoms with Gasteiger partial charge >= 0.3 is 0 Å². The summed E-state index contributed by atoms with van der Waals surface area (Å²) in [5.74, 6) is 0.999. The Morgan fingerprint density at radius 2 is 2.23 bits per heavy atom. The van der Waals surface area contributed by atoms with Gasteiger partial charge in [-0.25, -0.2) is 9.97 Å². The number of hydrogen-bond donors (Lipinski definition) is 1. The van der Waals surface area contributed by atoms with Gasteiger partial charge in [-0.2, -0.15) is 4.98 Å². The Balaban J connectivity index is 0.00000176. The Morgan fingerprint density at radius 1 is 1.36 bits per heavy atom. The second-order valence-corrected chi connectivity index (χ2v) is 5.37. The van der Waals surface area contributed by atoms with Crippen LogP contribution in [0.1, 0.15) is 5.69 Å². The predicted octanol–water partition coefficient (Wildman–Crippen LogP) is 2.58. The van der Waals surface area contributed by atoms with Crippen LogP contribution in [0.4, 0.5) is 5.82 Å². The van der Waals surface area contributed by atoms with E-state index in [2.05, 4.69) is 15.0 Å². The number of aromatic nitrogens is 4. The first-order valence-corrected chi connectivity index (χ1v) is 7.35. The van der Waals surface area contributed by atoms with Crippen molar-refractivity contribution in [3.63, 3.8) is 0 Å². The van der Waals surface area contributed by atoms with Crippen molar-refractivity contribution in [2.75, 3.05) is 19.5 Å². The van der Waals surface area contributed by atoms with E-state index in [1.54, 1.807) is 41.7 Å². The summed E-state index contributed by atoms with van der Waals surface area (Å²) in [6.45, 7) is 0.582. The highest BCUT2D eigenvalue weighted by Crippen LogP contribution is 2.32. The Kier molecular flexibility index (Phi) is 5.48. The first-order valence-electron chi connectivity index (χ1n) is 6.47. The quantitative estimate of drug-likeness (QED) is 0.774. The SMILES string of the molecule is COCCc1nc(-n2ccnc2)nc(N)c1-c1cccs1.Cl. The summed E-state index contributed by atoms with van der Waals surface area (Å²) < 4.78 is 6.91. The van der Waals surface area contributed by atoms with Crippen LogP contribution in [0.3, 0.4) is 0 Å². The molecule has 0 spiro atoms. The van der Waals surface area contributed by atoms with E-state index >= 15 is 0 Å². The van der Waals surface area contributed by atoms with Crippen LogP contribution in [0.25, 0.3) is 16.4 Å². The number of anilines is 1. The lowest BCUT2D eigenvalue weighted by Crippen LogP contribution is -2.09. The van der Waals surface area contributed by atoms with Gasteiger partial charge < -0.3 is 10.5 Å². The van der Waals surface area contributed by atoms with Crippen molar-refractivity contribution in [1.82, 2.24) is 19.5 Å². The van der Waals surface area contributed by atoms with Crippen molar-refractivity contribution in [2.45, 2.75) is 6.42 Å². The van der Waals surface area contributed by atoms with E-state index in [-0.39, 0.29) is 12.4 Å². The van der Waals surface area contributed by atoms with Crippen molar-refractivity contribution < 1.29 is 4.74 Å². The van der Waals surface area contributed by atoms with Crippen molar-refractivity contribution >= 4 is 29.6 Å². The van der Waals surface area contributed by atoms with Crippen molar-refractivity contribution in [3.05, 3.63) is 41.9 Å². The van der Waals surface area contributed by atoms with Gasteiger partial charge in [0, 0.05) is 30.8 Å². The molecule has 0 saturated heterocycles. The number of methoxy groups -OCH3 is 1. The van der Waals surface area contributed by atoms with Gasteiger partial charge in [0.15, 0.2) is 0 Å². The standard InChI is InChI=1S/C14H15N5OS.ClH/c1-20-7-4-10-12(11-3-2-8-21-11)13(15)18-14(17-10)19-6-5-16-9-19;/h2-3,5-6,8-9H,4,7H2,1H3,(H2,15,17,18);1H. The lowest BCUT2D eigenvalue weighted by molar-refractivity contribution is 0.201. The maximum atomic E-state index is 6.17. The summed E-state index contributed by atoms with van der Waals surface area (Å²) in [6, 6.07) is 4.01. The predicted molar refractivity (Wildman–Crippen MR) is 89.7 cm³/mol. The summed E-state index contributed by atoms with van der Waals surface area (Å²) in [6.07, 6.45) is 5.80. The number of nitrogen functional groups attached to an aromatic ring is 1. The molecule has 0 unspecified atom stereocenters. The highest BCUT2D eigenvalue weighted by atomic mass is 35.5. The molecule has 8 heteroatoms. The number of rotatable bonds is 5. The lowest BCUT2D eigenvalue weighted by atomic mass is 10.1. The number of hydrogen-bond acceptors (Lipinski definition) is 6. The van der Waals surface area contributed by atoms with Gasteiger partial charge in [0.2, 0.25) is 5.95 Å². The number of ether oxygens (including phenoxy) is 1. The normalized spacial score (nSPS) is 10.4. The van der Waals surface area contributed by atoms with E-state index < -0.39 is 0 Å². The largest absolute Gasteiger partial charge is 0.384 e. The second kappa shape index (κ2) is 7.35. The van der Waals surface area contributed by atoms with Gasteiger partial charge in [0.25, 0.3) is 0 Å². The maximum Gasteiger partial charge on any atom is 0.237 e. The summed E-state index contributed by atoms with van der Waals surface area (Å²) in [5, 5.41) is 2.01. The Morgan fingerprint density at radius 3 is 2.86 bits per heavy atom. The summed E-state index contributed by atoms with van der Waals surface area (Å²) >= 11 is 1.62. The number of thiophene rings is 1. The molecule has 3 heterocycles. The van der Waals surface area contributed by atoms with Crippen molar-refractivity contribution in [2.24, 2.45) is 0 Å². The Bertz CT molecular complexity index is 715. The molecule has 0 aliphatic carbocycles. The molecule has 0 bridgehead atoms. The summed E-state index contributed by atoms with van der Waals surface area (Å²) in [4.78, 5) is 14.1. The zero-order valence-electron chi connectivity index (χ0n) is 12.0. The van der Waals surface area contributed by atoms with Crippen LogP contribution >= 0.6 is 23.7 Å². The zero-order valence-corrected chi connectivity index (χ0v) is 13.6. The second-order valence-electron chi connectivity index (χ2n) is 4.42. The first kappa shape index (κ1) is 16.4. The van der Waals surface area contributed by atoms with Crippen LogP contribution in [0.15, 0.2) is 36.2 Å². The third-order valence-electron chi connectivity index (χ3n) is 3.05. The number of nitrogens with zero attached hydrogens (tertiary/aromatic N) is 4. The minimum absolute atomic E-state index is 0. The van der Waals surface area contributed by atoms with E-state index in [1.807, 2.05) is 17.5 Å². The molecule has 0 atom stereocenters. The average Bonchev–Trinajstić information content (AvgIpc) is 3.17. The molecule has 3 rings (SSSR count). The summed E-state index contributed by atoms with van der Waals surface area (Å²) in [5.41, 5.74) is 7.95. The zero-order chi connectivity index (χ0) is 14.7.